The lowest BCUT2D eigenvalue weighted by Crippen LogP contribution is -2.14. The number of pyridine rings is 1. The third-order valence-corrected chi connectivity index (χ3v) is 3.04. The number of nitrogens with two attached hydrogens (primary N) is 1. The quantitative estimate of drug-likeness (QED) is 0.903. The van der Waals surface area contributed by atoms with Crippen molar-refractivity contribution in [2.24, 2.45) is 0 Å². The predicted molar refractivity (Wildman–Crippen MR) is 77.1 cm³/mol. The van der Waals surface area contributed by atoms with Gasteiger partial charge in [-0.2, -0.15) is 0 Å². The first-order valence-electron chi connectivity index (χ1n) is 6.34. The van der Waals surface area contributed by atoms with Crippen LogP contribution in [0.2, 0.25) is 0 Å². The molecule has 1 aromatic carbocycles. The Morgan fingerprint density at radius 1 is 1.40 bits per heavy atom. The normalized spacial score (nSPS) is 10.3. The third-order valence-electron chi connectivity index (χ3n) is 3.04. The van der Waals surface area contributed by atoms with Crippen LogP contribution in [0.5, 0.6) is 0 Å². The molecule has 104 valence electrons. The van der Waals surface area contributed by atoms with Crippen molar-refractivity contribution in [3.8, 4) is 0 Å². The van der Waals surface area contributed by atoms with Crippen LogP contribution in [0, 0.1) is 12.7 Å². The number of hydrogen-bond donors (Lipinski definition) is 2. The largest absolute Gasteiger partial charge is 0.384 e. The summed E-state index contributed by atoms with van der Waals surface area (Å²) in [6.45, 7) is 3.55. The highest BCUT2D eigenvalue weighted by atomic mass is 19.1. The van der Waals surface area contributed by atoms with Crippen LogP contribution in [0.3, 0.4) is 0 Å². The van der Waals surface area contributed by atoms with Crippen molar-refractivity contribution in [2.45, 2.75) is 20.3 Å². The van der Waals surface area contributed by atoms with Crippen LogP contribution in [0.1, 0.15) is 28.5 Å². The molecular weight excluding hydrogens is 257 g/mol. The first kappa shape index (κ1) is 14.0. The second kappa shape index (κ2) is 5.69. The minimum atomic E-state index is -0.355. The van der Waals surface area contributed by atoms with E-state index in [4.69, 9.17) is 5.73 Å². The number of carbonyl (C=O) groups is 1. The molecule has 0 aliphatic heterocycles. The number of benzene rings is 1. The van der Waals surface area contributed by atoms with Crippen LogP contribution in [-0.2, 0) is 6.42 Å². The molecule has 0 aliphatic rings. The van der Waals surface area contributed by atoms with Crippen molar-refractivity contribution in [3.05, 3.63) is 53.0 Å². The topological polar surface area (TPSA) is 68.0 Å². The molecule has 0 unspecified atom stereocenters. The number of hydrogen-bond acceptors (Lipinski definition) is 3. The van der Waals surface area contributed by atoms with Crippen molar-refractivity contribution in [2.75, 3.05) is 11.1 Å². The molecule has 0 radical (unpaired) electrons. The van der Waals surface area contributed by atoms with E-state index in [1.54, 1.807) is 25.1 Å². The molecule has 0 aliphatic carbocycles. The van der Waals surface area contributed by atoms with E-state index in [2.05, 4.69) is 10.3 Å². The smallest absolute Gasteiger partial charge is 0.255 e. The summed E-state index contributed by atoms with van der Waals surface area (Å²) in [6, 6.07) is 7.74. The van der Waals surface area contributed by atoms with E-state index < -0.39 is 0 Å². The number of halogens is 1. The zero-order chi connectivity index (χ0) is 14.7. The highest BCUT2D eigenvalue weighted by Crippen LogP contribution is 2.19. The van der Waals surface area contributed by atoms with Crippen molar-refractivity contribution in [1.29, 1.82) is 0 Å². The maximum absolute atomic E-state index is 13.4. The summed E-state index contributed by atoms with van der Waals surface area (Å²) in [6.07, 6.45) is 0.685. The van der Waals surface area contributed by atoms with Crippen LogP contribution in [0.25, 0.3) is 0 Å². The second-order valence-electron chi connectivity index (χ2n) is 4.49. The van der Waals surface area contributed by atoms with Gasteiger partial charge in [-0.1, -0.05) is 13.0 Å². The van der Waals surface area contributed by atoms with E-state index in [1.807, 2.05) is 6.92 Å². The molecule has 2 rings (SSSR count). The number of aryl methyl sites for hydroxylation is 1. The maximum atomic E-state index is 13.4. The van der Waals surface area contributed by atoms with E-state index >= 15 is 0 Å². The molecule has 0 fully saturated rings. The van der Waals surface area contributed by atoms with Gasteiger partial charge in [0.1, 0.15) is 11.6 Å². The van der Waals surface area contributed by atoms with Gasteiger partial charge in [-0.15, -0.1) is 0 Å². The fourth-order valence-electron chi connectivity index (χ4n) is 1.86. The number of carbonyl (C=O) groups excluding carboxylic acids is 1. The molecule has 4 nitrogen and oxygen atoms in total. The number of nitrogen functional groups attached to an aromatic ring is 1. The van der Waals surface area contributed by atoms with Crippen LogP contribution < -0.4 is 11.1 Å². The average Bonchev–Trinajstić information content (AvgIpc) is 2.43. The molecular formula is C15H16FN3O. The van der Waals surface area contributed by atoms with Gasteiger partial charge in [0.05, 0.1) is 0 Å². The Morgan fingerprint density at radius 3 is 2.85 bits per heavy atom. The average molecular weight is 273 g/mol. The van der Waals surface area contributed by atoms with Crippen LogP contribution in [0.15, 0.2) is 30.3 Å². The van der Waals surface area contributed by atoms with Crippen molar-refractivity contribution in [1.82, 2.24) is 4.98 Å². The molecule has 5 heteroatoms. The van der Waals surface area contributed by atoms with Gasteiger partial charge < -0.3 is 11.1 Å². The van der Waals surface area contributed by atoms with Crippen molar-refractivity contribution < 1.29 is 9.18 Å². The molecule has 1 heterocycles. The lowest BCUT2D eigenvalue weighted by atomic mass is 10.1. The highest BCUT2D eigenvalue weighted by molar-refractivity contribution is 6.05. The van der Waals surface area contributed by atoms with Gasteiger partial charge in [-0.05, 0) is 37.6 Å². The van der Waals surface area contributed by atoms with Gasteiger partial charge in [-0.25, -0.2) is 9.37 Å². The Hall–Kier alpha value is -2.43. The molecule has 0 saturated carbocycles. The molecule has 20 heavy (non-hydrogen) atoms. The molecule has 0 saturated heterocycles. The van der Waals surface area contributed by atoms with Gasteiger partial charge in [0.15, 0.2) is 0 Å². The number of aromatic nitrogens is 1. The molecule has 1 amide bonds. The van der Waals surface area contributed by atoms with E-state index in [0.29, 0.717) is 29.1 Å². The Morgan fingerprint density at radius 2 is 2.15 bits per heavy atom. The number of rotatable bonds is 3. The molecule has 0 spiro atoms. The van der Waals surface area contributed by atoms with Gasteiger partial charge >= 0.3 is 0 Å². The third kappa shape index (κ3) is 2.93. The highest BCUT2D eigenvalue weighted by Gasteiger charge is 2.11. The molecule has 0 atom stereocenters. The number of nitrogens with one attached hydrogen (secondary N) is 1. The standard InChI is InChI=1S/C15H16FN3O/c1-3-11-7-10(8-14(17)18-11)15(20)19-13-6-4-5-12(16)9(13)2/h4-8H,3H2,1-2H3,(H2,17,18)(H,19,20). The predicted octanol–water partition coefficient (Wildman–Crippen LogP) is 2.93. The molecule has 0 bridgehead atoms. The Balaban J connectivity index is 2.28. The zero-order valence-corrected chi connectivity index (χ0v) is 11.4. The summed E-state index contributed by atoms with van der Waals surface area (Å²) in [5.41, 5.74) is 7.67. The van der Waals surface area contributed by atoms with E-state index in [-0.39, 0.29) is 11.7 Å². The summed E-state index contributed by atoms with van der Waals surface area (Å²) in [4.78, 5) is 16.3. The summed E-state index contributed by atoms with van der Waals surface area (Å²) in [5.74, 6) is -0.390. The SMILES string of the molecule is CCc1cc(C(=O)Nc2cccc(F)c2C)cc(N)n1. The first-order chi connectivity index (χ1) is 9.51. The van der Waals surface area contributed by atoms with E-state index in [9.17, 15) is 9.18 Å². The van der Waals surface area contributed by atoms with Gasteiger partial charge in [0.25, 0.3) is 5.91 Å². The van der Waals surface area contributed by atoms with Crippen molar-refractivity contribution in [3.63, 3.8) is 0 Å². The Bertz CT molecular complexity index is 656. The summed E-state index contributed by atoms with van der Waals surface area (Å²) < 4.78 is 13.4. The summed E-state index contributed by atoms with van der Waals surface area (Å²) in [7, 11) is 0. The second-order valence-corrected chi connectivity index (χ2v) is 4.49. The summed E-state index contributed by atoms with van der Waals surface area (Å²) in [5, 5.41) is 2.68. The molecule has 1 aromatic heterocycles. The van der Waals surface area contributed by atoms with Crippen molar-refractivity contribution >= 4 is 17.4 Å². The fraction of sp³-hybridized carbons (Fsp3) is 0.200. The van der Waals surface area contributed by atoms with E-state index in [0.717, 1.165) is 5.69 Å². The first-order valence-corrected chi connectivity index (χ1v) is 6.34. The van der Waals surface area contributed by atoms with Gasteiger partial charge in [-0.3, -0.25) is 4.79 Å². The minimum Gasteiger partial charge on any atom is -0.384 e. The van der Waals surface area contributed by atoms with Crippen LogP contribution in [0.4, 0.5) is 15.9 Å². The van der Waals surface area contributed by atoms with Gasteiger partial charge in [0, 0.05) is 22.5 Å². The number of anilines is 2. The minimum absolute atomic E-state index is 0.297. The van der Waals surface area contributed by atoms with E-state index in [1.165, 1.54) is 12.1 Å². The summed E-state index contributed by atoms with van der Waals surface area (Å²) >= 11 is 0. The zero-order valence-electron chi connectivity index (χ0n) is 11.4. The van der Waals surface area contributed by atoms with Crippen LogP contribution >= 0.6 is 0 Å². The lowest BCUT2D eigenvalue weighted by Gasteiger charge is -2.10. The Labute approximate surface area is 116 Å². The monoisotopic (exact) mass is 273 g/mol. The Kier molecular flexibility index (Phi) is 3.98. The fourth-order valence-corrected chi connectivity index (χ4v) is 1.86. The molecule has 3 N–H and O–H groups in total. The number of nitrogens with zero attached hydrogens (tertiary/aromatic N) is 1. The lowest BCUT2D eigenvalue weighted by molar-refractivity contribution is 0.102. The number of amides is 1. The van der Waals surface area contributed by atoms with Crippen LogP contribution in [-0.4, -0.2) is 10.9 Å². The molecule has 2 aromatic rings. The van der Waals surface area contributed by atoms with Gasteiger partial charge in [0.2, 0.25) is 0 Å². The maximum Gasteiger partial charge on any atom is 0.255 e.